The fourth-order valence-corrected chi connectivity index (χ4v) is 4.48. The molecule has 0 amide bonds. The lowest BCUT2D eigenvalue weighted by Gasteiger charge is -2.34. The molecular formula is C19H21ClN2O5S. The first-order valence-corrected chi connectivity index (χ1v) is 11.1. The molecule has 7 nitrogen and oxygen atoms in total. The summed E-state index contributed by atoms with van der Waals surface area (Å²) in [7, 11) is -3.71. The third-order valence-electron chi connectivity index (χ3n) is 4.73. The summed E-state index contributed by atoms with van der Waals surface area (Å²) in [5, 5.41) is 12.2. The van der Waals surface area contributed by atoms with E-state index in [1.54, 1.807) is 24.3 Å². The zero-order valence-electron chi connectivity index (χ0n) is 15.4. The van der Waals surface area contributed by atoms with E-state index in [4.69, 9.17) is 16.3 Å². The van der Waals surface area contributed by atoms with Crippen LogP contribution in [-0.2, 0) is 9.84 Å². The second kappa shape index (κ2) is 8.36. The maximum absolute atomic E-state index is 12.0. The lowest BCUT2D eigenvalue weighted by Crippen LogP contribution is -2.38. The van der Waals surface area contributed by atoms with Gasteiger partial charge in [-0.25, -0.2) is 8.42 Å². The lowest BCUT2D eigenvalue weighted by atomic mass is 9.98. The van der Waals surface area contributed by atoms with Crippen LogP contribution in [0.2, 0.25) is 5.02 Å². The number of para-hydroxylation sites is 2. The number of halogens is 1. The summed E-state index contributed by atoms with van der Waals surface area (Å²) < 4.78 is 29.8. The van der Waals surface area contributed by atoms with Gasteiger partial charge in [-0.15, -0.1) is 0 Å². The van der Waals surface area contributed by atoms with Crippen molar-refractivity contribution in [3.63, 3.8) is 0 Å². The molecule has 3 rings (SSSR count). The zero-order valence-corrected chi connectivity index (χ0v) is 16.9. The number of nitro benzene ring substituents is 1. The van der Waals surface area contributed by atoms with Gasteiger partial charge in [0.1, 0.15) is 16.3 Å². The van der Waals surface area contributed by atoms with Gasteiger partial charge in [-0.05, 0) is 37.1 Å². The molecule has 0 aromatic heterocycles. The second-order valence-electron chi connectivity index (χ2n) is 6.85. The van der Waals surface area contributed by atoms with Crippen LogP contribution in [-0.4, -0.2) is 39.3 Å². The molecule has 1 unspecified atom stereocenters. The summed E-state index contributed by atoms with van der Waals surface area (Å²) in [6.07, 6.45) is 2.73. The molecule has 2 aromatic carbocycles. The van der Waals surface area contributed by atoms with Crippen molar-refractivity contribution < 1.29 is 18.1 Å². The molecule has 9 heteroatoms. The predicted octanol–water partition coefficient (Wildman–Crippen LogP) is 3.95. The van der Waals surface area contributed by atoms with Gasteiger partial charge < -0.3 is 9.64 Å². The Morgan fingerprint density at radius 2 is 2.00 bits per heavy atom. The Morgan fingerprint density at radius 1 is 1.25 bits per heavy atom. The molecule has 0 spiro atoms. The number of anilines is 1. The Bertz CT molecular complexity index is 980. The largest absolute Gasteiger partial charge is 0.492 e. The summed E-state index contributed by atoms with van der Waals surface area (Å²) in [5.41, 5.74) is -0.0342. The first-order chi connectivity index (χ1) is 13.3. The molecule has 0 N–H and O–H groups in total. The minimum absolute atomic E-state index is 0.145. The molecule has 0 bridgehead atoms. The molecule has 2 aromatic rings. The number of piperidine rings is 1. The Kier molecular flexibility index (Phi) is 6.10. The number of nitro groups is 1. The molecule has 1 heterocycles. The average Bonchev–Trinajstić information content (AvgIpc) is 2.66. The number of hydrogen-bond donors (Lipinski definition) is 0. The molecular weight excluding hydrogens is 404 g/mol. The van der Waals surface area contributed by atoms with Gasteiger partial charge in [0, 0.05) is 25.3 Å². The van der Waals surface area contributed by atoms with E-state index in [0.29, 0.717) is 36.2 Å². The maximum atomic E-state index is 12.0. The fourth-order valence-electron chi connectivity index (χ4n) is 3.44. The highest BCUT2D eigenvalue weighted by molar-refractivity contribution is 7.90. The fraction of sp³-hybridized carbons (Fsp3) is 0.368. The quantitative estimate of drug-likeness (QED) is 0.515. The Hall–Kier alpha value is -2.32. The molecule has 1 saturated heterocycles. The first kappa shape index (κ1) is 20.4. The third-order valence-corrected chi connectivity index (χ3v) is 6.17. The van der Waals surface area contributed by atoms with Gasteiger partial charge in [0.15, 0.2) is 9.84 Å². The molecule has 150 valence electrons. The van der Waals surface area contributed by atoms with Crippen molar-refractivity contribution in [2.45, 2.75) is 17.7 Å². The first-order valence-electron chi connectivity index (χ1n) is 8.87. The van der Waals surface area contributed by atoms with Crippen LogP contribution in [0.4, 0.5) is 11.4 Å². The van der Waals surface area contributed by atoms with E-state index in [-0.39, 0.29) is 16.5 Å². The van der Waals surface area contributed by atoms with Crippen LogP contribution in [0.3, 0.4) is 0 Å². The molecule has 28 heavy (non-hydrogen) atoms. The van der Waals surface area contributed by atoms with E-state index >= 15 is 0 Å². The van der Waals surface area contributed by atoms with E-state index in [2.05, 4.69) is 0 Å². The molecule has 1 aliphatic heterocycles. The van der Waals surface area contributed by atoms with Crippen molar-refractivity contribution in [3.8, 4) is 5.75 Å². The summed E-state index contributed by atoms with van der Waals surface area (Å²) in [6.45, 7) is 1.59. The van der Waals surface area contributed by atoms with Gasteiger partial charge in [0.25, 0.3) is 0 Å². The molecule has 0 radical (unpaired) electrons. The minimum atomic E-state index is -3.71. The Morgan fingerprint density at radius 3 is 2.68 bits per heavy atom. The number of ether oxygens (including phenoxy) is 1. The molecule has 0 saturated carbocycles. The van der Waals surface area contributed by atoms with Crippen LogP contribution in [0.1, 0.15) is 12.8 Å². The van der Waals surface area contributed by atoms with E-state index in [0.717, 1.165) is 19.1 Å². The van der Waals surface area contributed by atoms with Crippen molar-refractivity contribution in [1.29, 1.82) is 0 Å². The highest BCUT2D eigenvalue weighted by Crippen LogP contribution is 2.36. The number of benzene rings is 2. The molecule has 0 aliphatic carbocycles. The molecule has 1 fully saturated rings. The van der Waals surface area contributed by atoms with Crippen molar-refractivity contribution in [1.82, 2.24) is 0 Å². The average molecular weight is 425 g/mol. The smallest absolute Gasteiger partial charge is 0.311 e. The van der Waals surface area contributed by atoms with Crippen LogP contribution >= 0.6 is 11.6 Å². The number of sulfone groups is 1. The van der Waals surface area contributed by atoms with Crippen LogP contribution in [0.15, 0.2) is 47.4 Å². The second-order valence-corrected chi connectivity index (χ2v) is 9.24. The van der Waals surface area contributed by atoms with Crippen LogP contribution in [0, 0.1) is 16.0 Å². The van der Waals surface area contributed by atoms with E-state index in [1.165, 1.54) is 6.07 Å². The predicted molar refractivity (Wildman–Crippen MR) is 108 cm³/mol. The van der Waals surface area contributed by atoms with Gasteiger partial charge >= 0.3 is 5.69 Å². The Labute approximate surface area is 168 Å². The van der Waals surface area contributed by atoms with Gasteiger partial charge in [0.2, 0.25) is 0 Å². The van der Waals surface area contributed by atoms with Crippen LogP contribution in [0.5, 0.6) is 5.75 Å². The van der Waals surface area contributed by atoms with Crippen molar-refractivity contribution in [2.75, 3.05) is 30.9 Å². The summed E-state index contributed by atoms with van der Waals surface area (Å²) in [6, 6.07) is 11.6. The Balaban J connectivity index is 1.81. The SMILES string of the molecule is CS(=O)(=O)c1cccc(N2CCCC(COc3ccccc3Cl)C2)c1[N+](=O)[O-]. The van der Waals surface area contributed by atoms with Crippen molar-refractivity contribution in [2.24, 2.45) is 5.92 Å². The number of hydrogen-bond acceptors (Lipinski definition) is 6. The summed E-state index contributed by atoms with van der Waals surface area (Å²) >= 11 is 6.11. The third kappa shape index (κ3) is 4.56. The lowest BCUT2D eigenvalue weighted by molar-refractivity contribution is -0.387. The van der Waals surface area contributed by atoms with Gasteiger partial charge in [0.05, 0.1) is 16.6 Å². The highest BCUT2D eigenvalue weighted by Gasteiger charge is 2.31. The highest BCUT2D eigenvalue weighted by atomic mass is 35.5. The summed E-state index contributed by atoms with van der Waals surface area (Å²) in [4.78, 5) is 12.6. The van der Waals surface area contributed by atoms with E-state index in [9.17, 15) is 18.5 Å². The standard InChI is InChI=1S/C19H21ClN2O5S/c1-28(25,26)18-10-4-8-16(19(18)22(23)24)21-11-5-6-14(12-21)13-27-17-9-3-2-7-15(17)20/h2-4,7-10,14H,5-6,11-13H2,1H3. The van der Waals surface area contributed by atoms with Crippen molar-refractivity contribution >= 4 is 32.8 Å². The molecule has 1 atom stereocenters. The van der Waals surface area contributed by atoms with E-state index in [1.807, 2.05) is 17.0 Å². The normalized spacial score (nSPS) is 17.4. The van der Waals surface area contributed by atoms with Crippen molar-refractivity contribution in [3.05, 3.63) is 57.6 Å². The number of rotatable bonds is 6. The minimum Gasteiger partial charge on any atom is -0.492 e. The number of nitrogens with zero attached hydrogens (tertiary/aromatic N) is 2. The van der Waals surface area contributed by atoms with Gasteiger partial charge in [-0.2, -0.15) is 0 Å². The maximum Gasteiger partial charge on any atom is 0.311 e. The van der Waals surface area contributed by atoms with E-state index < -0.39 is 14.8 Å². The van der Waals surface area contributed by atoms with Crippen LogP contribution in [0.25, 0.3) is 0 Å². The van der Waals surface area contributed by atoms with Gasteiger partial charge in [-0.3, -0.25) is 10.1 Å². The molecule has 1 aliphatic rings. The van der Waals surface area contributed by atoms with Gasteiger partial charge in [-0.1, -0.05) is 29.8 Å². The summed E-state index contributed by atoms with van der Waals surface area (Å²) in [5.74, 6) is 0.748. The van der Waals surface area contributed by atoms with Crippen LogP contribution < -0.4 is 9.64 Å². The zero-order chi connectivity index (χ0) is 20.3. The monoisotopic (exact) mass is 424 g/mol. The topological polar surface area (TPSA) is 89.8 Å².